The molecule has 0 saturated heterocycles. The van der Waals surface area contributed by atoms with Gasteiger partial charge in [-0.1, -0.05) is 5.92 Å². The van der Waals surface area contributed by atoms with Crippen molar-refractivity contribution in [2.45, 2.75) is 12.1 Å². The summed E-state index contributed by atoms with van der Waals surface area (Å²) in [6.07, 6.45) is 5.49. The van der Waals surface area contributed by atoms with Crippen molar-refractivity contribution in [3.63, 3.8) is 0 Å². The minimum atomic E-state index is -0.467. The van der Waals surface area contributed by atoms with Crippen molar-refractivity contribution in [2.75, 3.05) is 19.8 Å². The molecule has 0 bridgehead atoms. The molecule has 1 N–H and O–H groups in total. The lowest BCUT2D eigenvalue weighted by Gasteiger charge is -2.06. The fourth-order valence-electron chi connectivity index (χ4n) is 0.753. The van der Waals surface area contributed by atoms with E-state index in [1.54, 1.807) is 0 Å². The van der Waals surface area contributed by atoms with E-state index >= 15 is 0 Å². The third-order valence-corrected chi connectivity index (χ3v) is 1.41. The summed E-state index contributed by atoms with van der Waals surface area (Å²) >= 11 is 0. The van der Waals surface area contributed by atoms with Crippen LogP contribution in [-0.2, 0) is 4.74 Å². The van der Waals surface area contributed by atoms with Crippen molar-refractivity contribution < 1.29 is 9.84 Å². The van der Waals surface area contributed by atoms with E-state index in [9.17, 15) is 0 Å². The average molecular weight is 154 g/mol. The van der Waals surface area contributed by atoms with Gasteiger partial charge in [-0.25, -0.2) is 0 Å². The molecule has 1 rings (SSSR count). The van der Waals surface area contributed by atoms with Crippen LogP contribution in [0.5, 0.6) is 0 Å². The second kappa shape index (κ2) is 3.46. The molecule has 4 heteroatoms. The summed E-state index contributed by atoms with van der Waals surface area (Å²) < 4.78 is 5.03. The van der Waals surface area contributed by atoms with Gasteiger partial charge in [0.1, 0.15) is 6.61 Å². The van der Waals surface area contributed by atoms with E-state index in [2.05, 4.69) is 16.1 Å². The third-order valence-electron chi connectivity index (χ3n) is 1.41. The second-order valence-corrected chi connectivity index (χ2v) is 2.35. The van der Waals surface area contributed by atoms with E-state index in [0.717, 1.165) is 0 Å². The summed E-state index contributed by atoms with van der Waals surface area (Å²) in [5.41, 5.74) is -0.467. The van der Waals surface area contributed by atoms with Crippen LogP contribution in [0.4, 0.5) is 0 Å². The molecule has 11 heavy (non-hydrogen) atoms. The quantitative estimate of drug-likeness (QED) is 0.453. The van der Waals surface area contributed by atoms with Crippen molar-refractivity contribution in [2.24, 2.45) is 10.2 Å². The van der Waals surface area contributed by atoms with Gasteiger partial charge in [-0.05, 0) is 0 Å². The number of ether oxygens (including phenoxy) is 1. The highest BCUT2D eigenvalue weighted by Gasteiger charge is 2.39. The minimum Gasteiger partial charge on any atom is -0.396 e. The van der Waals surface area contributed by atoms with Gasteiger partial charge < -0.3 is 9.84 Å². The highest BCUT2D eigenvalue weighted by atomic mass is 16.5. The summed E-state index contributed by atoms with van der Waals surface area (Å²) in [5.74, 6) is 2.34. The fourth-order valence-corrected chi connectivity index (χ4v) is 0.753. The van der Waals surface area contributed by atoms with Crippen LogP contribution in [0.15, 0.2) is 10.2 Å². The SMILES string of the molecule is C#CCOCC1(CCO)N=N1. The Morgan fingerprint density at radius 2 is 2.27 bits per heavy atom. The zero-order valence-corrected chi connectivity index (χ0v) is 6.16. The zero-order chi connectivity index (χ0) is 8.16. The predicted octanol–water partition coefficient (Wildman–Crippen LogP) is 0.181. The molecule has 0 unspecified atom stereocenters. The first-order valence-electron chi connectivity index (χ1n) is 3.39. The Hall–Kier alpha value is -0.920. The highest BCUT2D eigenvalue weighted by molar-refractivity contribution is 4.93. The minimum absolute atomic E-state index is 0.0758. The van der Waals surface area contributed by atoms with Crippen molar-refractivity contribution in [1.82, 2.24) is 0 Å². The van der Waals surface area contributed by atoms with E-state index in [0.29, 0.717) is 13.0 Å². The Bertz CT molecular complexity index is 189. The summed E-state index contributed by atoms with van der Waals surface area (Å²) in [6.45, 7) is 0.738. The molecule has 0 aromatic heterocycles. The summed E-state index contributed by atoms with van der Waals surface area (Å²) in [5, 5.41) is 16.1. The van der Waals surface area contributed by atoms with Crippen LogP contribution >= 0.6 is 0 Å². The van der Waals surface area contributed by atoms with Gasteiger partial charge in [0.15, 0.2) is 0 Å². The smallest absolute Gasteiger partial charge is 0.216 e. The van der Waals surface area contributed by atoms with Crippen LogP contribution in [0.3, 0.4) is 0 Å². The fraction of sp³-hybridized carbons (Fsp3) is 0.714. The van der Waals surface area contributed by atoms with Gasteiger partial charge in [-0.15, -0.1) is 6.42 Å². The first-order chi connectivity index (χ1) is 5.33. The molecule has 0 aromatic carbocycles. The van der Waals surface area contributed by atoms with Crippen molar-refractivity contribution in [1.29, 1.82) is 0 Å². The molecule has 1 aliphatic heterocycles. The van der Waals surface area contributed by atoms with Gasteiger partial charge in [0.2, 0.25) is 5.66 Å². The molecule has 0 saturated carbocycles. The Morgan fingerprint density at radius 3 is 2.73 bits per heavy atom. The lowest BCUT2D eigenvalue weighted by atomic mass is 10.2. The van der Waals surface area contributed by atoms with Gasteiger partial charge >= 0.3 is 0 Å². The first-order valence-corrected chi connectivity index (χ1v) is 3.39. The number of aliphatic hydroxyl groups excluding tert-OH is 1. The van der Waals surface area contributed by atoms with E-state index < -0.39 is 5.66 Å². The number of rotatable bonds is 5. The van der Waals surface area contributed by atoms with Gasteiger partial charge in [0.05, 0.1) is 6.61 Å². The van der Waals surface area contributed by atoms with Crippen molar-refractivity contribution in [3.05, 3.63) is 0 Å². The monoisotopic (exact) mass is 154 g/mol. The van der Waals surface area contributed by atoms with Gasteiger partial charge in [0.25, 0.3) is 0 Å². The summed E-state index contributed by atoms with van der Waals surface area (Å²) in [4.78, 5) is 0. The number of nitrogens with zero attached hydrogens (tertiary/aromatic N) is 2. The van der Waals surface area contributed by atoms with Gasteiger partial charge in [0, 0.05) is 13.0 Å². The first kappa shape index (κ1) is 8.18. The van der Waals surface area contributed by atoms with E-state index in [1.165, 1.54) is 0 Å². The Morgan fingerprint density at radius 1 is 1.55 bits per heavy atom. The molecule has 0 fully saturated rings. The van der Waals surface area contributed by atoms with Crippen LogP contribution in [0.25, 0.3) is 0 Å². The predicted molar refractivity (Wildman–Crippen MR) is 38.9 cm³/mol. The molecular weight excluding hydrogens is 144 g/mol. The molecule has 0 aliphatic carbocycles. The molecule has 0 spiro atoms. The summed E-state index contributed by atoms with van der Waals surface area (Å²) in [7, 11) is 0. The second-order valence-electron chi connectivity index (χ2n) is 2.35. The van der Waals surface area contributed by atoms with E-state index in [1.807, 2.05) is 0 Å². The Balaban J connectivity index is 2.11. The normalized spacial score (nSPS) is 17.8. The molecule has 60 valence electrons. The van der Waals surface area contributed by atoms with E-state index in [4.69, 9.17) is 16.3 Å². The molecule has 0 radical (unpaired) electrons. The van der Waals surface area contributed by atoms with Crippen LogP contribution in [0, 0.1) is 12.3 Å². The maximum Gasteiger partial charge on any atom is 0.216 e. The molecule has 0 amide bonds. The molecular formula is C7H10N2O2. The Kier molecular flexibility index (Phi) is 2.58. The third kappa shape index (κ3) is 2.30. The van der Waals surface area contributed by atoms with Crippen LogP contribution in [0.1, 0.15) is 6.42 Å². The number of terminal acetylenes is 1. The van der Waals surface area contributed by atoms with Crippen LogP contribution in [0.2, 0.25) is 0 Å². The standard InChI is InChI=1S/C7H10N2O2/c1-2-5-11-6-7(3-4-10)8-9-7/h1,10H,3-6H2. The molecule has 0 aromatic rings. The molecule has 1 aliphatic rings. The lowest BCUT2D eigenvalue weighted by Crippen LogP contribution is -2.20. The number of hydrogen-bond acceptors (Lipinski definition) is 4. The van der Waals surface area contributed by atoms with Crippen molar-refractivity contribution in [3.8, 4) is 12.3 Å². The summed E-state index contributed by atoms with van der Waals surface area (Å²) in [6, 6.07) is 0. The number of aliphatic hydroxyl groups is 1. The number of hydrogen-bond donors (Lipinski definition) is 1. The van der Waals surface area contributed by atoms with Crippen LogP contribution in [-0.4, -0.2) is 30.6 Å². The average Bonchev–Trinajstić information content (AvgIpc) is 2.71. The topological polar surface area (TPSA) is 54.2 Å². The maximum absolute atomic E-state index is 8.58. The molecule has 0 atom stereocenters. The maximum atomic E-state index is 8.58. The Labute approximate surface area is 65.3 Å². The molecule has 1 heterocycles. The zero-order valence-electron chi connectivity index (χ0n) is 6.16. The largest absolute Gasteiger partial charge is 0.396 e. The van der Waals surface area contributed by atoms with Crippen molar-refractivity contribution >= 4 is 0 Å². The van der Waals surface area contributed by atoms with Gasteiger partial charge in [-0.3, -0.25) is 0 Å². The van der Waals surface area contributed by atoms with E-state index in [-0.39, 0.29) is 13.2 Å². The molecule has 4 nitrogen and oxygen atoms in total. The highest BCUT2D eigenvalue weighted by Crippen LogP contribution is 2.31. The van der Waals surface area contributed by atoms with Crippen LogP contribution < -0.4 is 0 Å². The van der Waals surface area contributed by atoms with Gasteiger partial charge in [-0.2, -0.15) is 10.2 Å². The lowest BCUT2D eigenvalue weighted by molar-refractivity contribution is 0.124.